The molecule has 0 aromatic heterocycles. The first kappa shape index (κ1) is 20.9. The molecule has 1 spiro atoms. The number of nitrogens with zero attached hydrogens (tertiary/aromatic N) is 1. The van der Waals surface area contributed by atoms with Crippen molar-refractivity contribution in [3.05, 3.63) is 23.3 Å². The first-order valence-corrected chi connectivity index (χ1v) is 11.8. The Kier molecular flexibility index (Phi) is 4.55. The van der Waals surface area contributed by atoms with Crippen molar-refractivity contribution < 1.29 is 29.0 Å². The van der Waals surface area contributed by atoms with Crippen molar-refractivity contribution in [3.63, 3.8) is 0 Å². The molecular weight excluding hydrogens is 426 g/mol. The third kappa shape index (κ3) is 2.81. The zero-order chi connectivity index (χ0) is 23.0. The first-order chi connectivity index (χ1) is 15.9. The maximum atomic E-state index is 13.6. The number of likely N-dealkylation sites (tertiary alicyclic amines) is 1. The Hall–Kier alpha value is -2.65. The van der Waals surface area contributed by atoms with Gasteiger partial charge in [0.15, 0.2) is 22.8 Å². The second kappa shape index (κ2) is 7.17. The van der Waals surface area contributed by atoms with Crippen LogP contribution >= 0.6 is 0 Å². The third-order valence-electron chi connectivity index (χ3n) is 8.32. The van der Waals surface area contributed by atoms with Crippen LogP contribution < -0.4 is 20.1 Å². The minimum Gasteiger partial charge on any atom is -0.493 e. The second-order valence-corrected chi connectivity index (χ2v) is 10.2. The molecule has 3 heterocycles. The van der Waals surface area contributed by atoms with E-state index in [9.17, 15) is 19.5 Å². The van der Waals surface area contributed by atoms with Gasteiger partial charge in [-0.1, -0.05) is 0 Å². The fourth-order valence-corrected chi connectivity index (χ4v) is 6.66. The molecule has 1 saturated carbocycles. The van der Waals surface area contributed by atoms with E-state index in [0.29, 0.717) is 42.2 Å². The van der Waals surface area contributed by atoms with Crippen molar-refractivity contribution in [2.75, 3.05) is 26.8 Å². The molecule has 3 amide bonds. The highest BCUT2D eigenvalue weighted by atomic mass is 16.5. The number of rotatable bonds is 7. The van der Waals surface area contributed by atoms with Crippen molar-refractivity contribution >= 4 is 17.7 Å². The smallest absolute Gasteiger partial charge is 0.322 e. The Bertz CT molecular complexity index is 1050. The number of carbonyl (C=O) groups excluding carboxylic acids is 3. The first-order valence-electron chi connectivity index (χ1n) is 11.8. The molecule has 33 heavy (non-hydrogen) atoms. The van der Waals surface area contributed by atoms with E-state index in [1.165, 1.54) is 12.8 Å². The molecule has 1 aromatic carbocycles. The molecule has 4 atom stereocenters. The molecule has 6 rings (SSSR count). The number of hydrogen-bond acceptors (Lipinski definition) is 7. The van der Waals surface area contributed by atoms with Crippen LogP contribution in [0.2, 0.25) is 0 Å². The minimum absolute atomic E-state index is 0.0958. The molecule has 0 radical (unpaired) electrons. The fraction of sp³-hybridized carbons (Fsp3) is 0.625. The normalized spacial score (nSPS) is 34.5. The molecule has 2 bridgehead atoms. The molecule has 2 saturated heterocycles. The minimum atomic E-state index is -1.33. The van der Waals surface area contributed by atoms with Gasteiger partial charge < -0.3 is 19.9 Å². The number of piperidine rings is 1. The number of hydrogen-bond donors (Lipinski definition) is 3. The highest BCUT2D eigenvalue weighted by Crippen LogP contribution is 2.60. The topological polar surface area (TPSA) is 117 Å². The van der Waals surface area contributed by atoms with Crippen LogP contribution in [0.3, 0.4) is 0 Å². The van der Waals surface area contributed by atoms with E-state index in [4.69, 9.17) is 9.47 Å². The van der Waals surface area contributed by atoms with Gasteiger partial charge in [0.1, 0.15) is 6.10 Å². The monoisotopic (exact) mass is 455 g/mol. The van der Waals surface area contributed by atoms with Gasteiger partial charge in [-0.2, -0.15) is 0 Å². The number of aliphatic hydroxyl groups is 1. The average molecular weight is 456 g/mol. The van der Waals surface area contributed by atoms with Gasteiger partial charge >= 0.3 is 6.03 Å². The number of benzene rings is 1. The van der Waals surface area contributed by atoms with Crippen molar-refractivity contribution in [2.45, 2.75) is 61.6 Å². The van der Waals surface area contributed by atoms with E-state index in [1.807, 2.05) is 6.07 Å². The molecule has 9 heteroatoms. The lowest BCUT2D eigenvalue weighted by atomic mass is 9.57. The van der Waals surface area contributed by atoms with Crippen LogP contribution in [-0.2, 0) is 10.2 Å². The van der Waals surface area contributed by atoms with Gasteiger partial charge in [0.05, 0.1) is 13.2 Å². The van der Waals surface area contributed by atoms with Crippen molar-refractivity contribution in [1.82, 2.24) is 15.5 Å². The number of nitrogens with one attached hydrogen (secondary N) is 2. The SMILES string of the molecule is COc1ccc2c3c1OC(C1(CCCO)NC(=O)NC1=O)C31CCN(CC3CC3)C(C1)C2=O. The maximum absolute atomic E-state index is 13.6. The lowest BCUT2D eigenvalue weighted by Gasteiger charge is -2.52. The Balaban J connectivity index is 1.50. The van der Waals surface area contributed by atoms with Crippen molar-refractivity contribution in [2.24, 2.45) is 5.92 Å². The van der Waals surface area contributed by atoms with E-state index in [1.54, 1.807) is 13.2 Å². The van der Waals surface area contributed by atoms with Gasteiger partial charge in [-0.05, 0) is 63.1 Å². The molecule has 4 unspecified atom stereocenters. The fourth-order valence-electron chi connectivity index (χ4n) is 6.66. The largest absolute Gasteiger partial charge is 0.493 e. The van der Waals surface area contributed by atoms with E-state index in [2.05, 4.69) is 15.5 Å². The number of carbonyl (C=O) groups is 3. The summed E-state index contributed by atoms with van der Waals surface area (Å²) in [4.78, 5) is 41.5. The van der Waals surface area contributed by atoms with Crippen molar-refractivity contribution in [3.8, 4) is 11.5 Å². The van der Waals surface area contributed by atoms with Crippen LogP contribution in [0.5, 0.6) is 11.5 Å². The highest BCUT2D eigenvalue weighted by Gasteiger charge is 2.68. The van der Waals surface area contributed by atoms with Gasteiger partial charge in [-0.25, -0.2) is 4.79 Å². The van der Waals surface area contributed by atoms with Gasteiger partial charge in [-0.15, -0.1) is 0 Å². The number of amides is 3. The summed E-state index contributed by atoms with van der Waals surface area (Å²) >= 11 is 0. The van der Waals surface area contributed by atoms with Gasteiger partial charge in [-0.3, -0.25) is 19.8 Å². The number of imide groups is 1. The number of urea groups is 1. The molecule has 3 aliphatic heterocycles. The van der Waals surface area contributed by atoms with E-state index in [0.717, 1.165) is 18.7 Å². The van der Waals surface area contributed by atoms with E-state index in [-0.39, 0.29) is 24.9 Å². The zero-order valence-electron chi connectivity index (χ0n) is 18.7. The molecule has 1 aromatic rings. The predicted octanol–water partition coefficient (Wildman–Crippen LogP) is 1.12. The van der Waals surface area contributed by atoms with Crippen LogP contribution in [0.1, 0.15) is 54.4 Å². The molecular formula is C24H29N3O6. The van der Waals surface area contributed by atoms with Crippen LogP contribution in [0.4, 0.5) is 4.79 Å². The highest BCUT2D eigenvalue weighted by molar-refractivity contribution is 6.09. The maximum Gasteiger partial charge on any atom is 0.322 e. The van der Waals surface area contributed by atoms with Gasteiger partial charge in [0.25, 0.3) is 5.91 Å². The lowest BCUT2D eigenvalue weighted by molar-refractivity contribution is -0.130. The summed E-state index contributed by atoms with van der Waals surface area (Å²) in [6, 6.07) is 2.74. The number of fused-ring (bicyclic) bond motifs is 1. The number of ketones is 1. The summed E-state index contributed by atoms with van der Waals surface area (Å²) < 4.78 is 12.1. The number of methoxy groups -OCH3 is 1. The molecule has 3 fully saturated rings. The quantitative estimate of drug-likeness (QED) is 0.528. The van der Waals surface area contributed by atoms with Gasteiger partial charge in [0, 0.05) is 29.7 Å². The number of Topliss-reactive ketones (excluding diaryl/α,β-unsaturated/α-hetero) is 1. The number of ether oxygens (including phenoxy) is 2. The van der Waals surface area contributed by atoms with Gasteiger partial charge in [0.2, 0.25) is 0 Å². The summed E-state index contributed by atoms with van der Waals surface area (Å²) in [6.45, 7) is 1.54. The summed E-state index contributed by atoms with van der Waals surface area (Å²) in [7, 11) is 1.55. The van der Waals surface area contributed by atoms with Crippen molar-refractivity contribution in [1.29, 1.82) is 0 Å². The Morgan fingerprint density at radius 1 is 1.27 bits per heavy atom. The lowest BCUT2D eigenvalue weighted by Crippen LogP contribution is -2.68. The average Bonchev–Trinajstić information content (AvgIpc) is 3.50. The standard InChI is InChI=1S/C24H29N3O6/c1-32-16-6-5-14-17-19(16)33-20(24(7-2-10-28)21(30)25-22(31)26-24)23(17)8-9-27(12-13-3-4-13)15(11-23)18(14)29/h5-6,13,15,20,28H,2-4,7-12H2,1H3,(H2,25,26,30,31). The Labute approximate surface area is 191 Å². The summed E-state index contributed by atoms with van der Waals surface area (Å²) in [5.74, 6) is 1.33. The Morgan fingerprint density at radius 3 is 2.76 bits per heavy atom. The molecule has 5 aliphatic rings. The molecule has 2 aliphatic carbocycles. The molecule has 9 nitrogen and oxygen atoms in total. The summed E-state index contributed by atoms with van der Waals surface area (Å²) in [5, 5.41) is 14.8. The van der Waals surface area contributed by atoms with E-state index >= 15 is 0 Å². The van der Waals surface area contributed by atoms with E-state index < -0.39 is 29.0 Å². The zero-order valence-corrected chi connectivity index (χ0v) is 18.7. The Morgan fingerprint density at radius 2 is 2.09 bits per heavy atom. The number of aliphatic hydroxyl groups excluding tert-OH is 1. The third-order valence-corrected chi connectivity index (χ3v) is 8.32. The molecule has 176 valence electrons. The van der Waals surface area contributed by atoms with Crippen LogP contribution in [-0.4, -0.2) is 72.2 Å². The summed E-state index contributed by atoms with van der Waals surface area (Å²) in [5.41, 5.74) is -0.490. The van der Waals surface area contributed by atoms with Crippen LogP contribution in [0, 0.1) is 5.92 Å². The summed E-state index contributed by atoms with van der Waals surface area (Å²) in [6.07, 6.45) is 3.55. The second-order valence-electron chi connectivity index (χ2n) is 10.2. The van der Waals surface area contributed by atoms with Crippen LogP contribution in [0.15, 0.2) is 12.1 Å². The van der Waals surface area contributed by atoms with Crippen LogP contribution in [0.25, 0.3) is 0 Å². The predicted molar refractivity (Wildman–Crippen MR) is 116 cm³/mol. The molecule has 3 N–H and O–H groups in total.